The molecule has 0 atom stereocenters. The van der Waals surface area contributed by atoms with Crippen molar-refractivity contribution in [3.63, 3.8) is 0 Å². The van der Waals surface area contributed by atoms with Crippen molar-refractivity contribution in [3.05, 3.63) is 57.6 Å². The normalized spacial score (nSPS) is 14.2. The van der Waals surface area contributed by atoms with Gasteiger partial charge in [-0.15, -0.1) is 0 Å². The summed E-state index contributed by atoms with van der Waals surface area (Å²) in [4.78, 5) is 39.2. The van der Waals surface area contributed by atoms with Gasteiger partial charge in [0.1, 0.15) is 13.1 Å². The SMILES string of the molecule is CC(C)c1ccccc1Sc1ccc(CN2C(=O)CN(CC(=O)O)C2=O)c(Cl)c1Cl. The topological polar surface area (TPSA) is 77.9 Å². The Morgan fingerprint density at radius 3 is 2.47 bits per heavy atom. The van der Waals surface area contributed by atoms with E-state index in [2.05, 4.69) is 19.9 Å². The van der Waals surface area contributed by atoms with Crippen LogP contribution < -0.4 is 0 Å². The molecule has 0 radical (unpaired) electrons. The van der Waals surface area contributed by atoms with Crippen LogP contribution in [0.5, 0.6) is 0 Å². The molecule has 0 bridgehead atoms. The molecule has 1 heterocycles. The van der Waals surface area contributed by atoms with Gasteiger partial charge in [-0.2, -0.15) is 0 Å². The third-order valence-corrected chi connectivity index (χ3v) is 6.86. The molecule has 1 aliphatic rings. The smallest absolute Gasteiger partial charge is 0.328 e. The molecule has 2 aromatic rings. The van der Waals surface area contributed by atoms with E-state index in [1.807, 2.05) is 24.3 Å². The van der Waals surface area contributed by atoms with Gasteiger partial charge in [0.15, 0.2) is 0 Å². The predicted octanol–water partition coefficient (Wildman–Crippen LogP) is 5.12. The van der Waals surface area contributed by atoms with Gasteiger partial charge in [0, 0.05) is 9.79 Å². The number of rotatable bonds is 7. The number of carboxylic acids is 1. The minimum atomic E-state index is -1.18. The molecular formula is C21H20Cl2N2O4S. The van der Waals surface area contributed by atoms with E-state index >= 15 is 0 Å². The lowest BCUT2D eigenvalue weighted by Gasteiger charge is -2.18. The molecule has 2 aromatic carbocycles. The highest BCUT2D eigenvalue weighted by molar-refractivity contribution is 7.99. The van der Waals surface area contributed by atoms with Gasteiger partial charge in [0.05, 0.1) is 16.6 Å². The van der Waals surface area contributed by atoms with E-state index in [-0.39, 0.29) is 18.1 Å². The zero-order valence-electron chi connectivity index (χ0n) is 16.4. The van der Waals surface area contributed by atoms with E-state index < -0.39 is 24.5 Å². The third-order valence-electron chi connectivity index (χ3n) is 4.67. The summed E-state index contributed by atoms with van der Waals surface area (Å²) in [5.74, 6) is -1.30. The molecule has 0 saturated carbocycles. The van der Waals surface area contributed by atoms with E-state index in [0.717, 1.165) is 19.6 Å². The summed E-state index contributed by atoms with van der Waals surface area (Å²) in [6, 6.07) is 10.9. The first-order valence-electron chi connectivity index (χ1n) is 9.23. The lowest BCUT2D eigenvalue weighted by atomic mass is 10.0. The lowest BCUT2D eigenvalue weighted by molar-refractivity contribution is -0.137. The van der Waals surface area contributed by atoms with Crippen LogP contribution in [0.1, 0.15) is 30.9 Å². The zero-order chi connectivity index (χ0) is 22.0. The molecule has 0 aliphatic carbocycles. The highest BCUT2D eigenvalue weighted by atomic mass is 35.5. The Morgan fingerprint density at radius 1 is 1.10 bits per heavy atom. The van der Waals surface area contributed by atoms with Crippen molar-refractivity contribution >= 4 is 52.9 Å². The van der Waals surface area contributed by atoms with Gasteiger partial charge < -0.3 is 10.0 Å². The number of amides is 3. The molecule has 1 aliphatic heterocycles. The standard InChI is InChI=1S/C21H20Cl2N2O4S/c1-12(2)14-5-3-4-6-15(14)30-16-8-7-13(19(22)20(16)23)9-25-17(26)10-24(21(25)29)11-18(27)28/h3-8,12H,9-11H2,1-2H3,(H,27,28). The van der Waals surface area contributed by atoms with Gasteiger partial charge in [-0.3, -0.25) is 14.5 Å². The minimum Gasteiger partial charge on any atom is -0.480 e. The van der Waals surface area contributed by atoms with Crippen molar-refractivity contribution < 1.29 is 19.5 Å². The average Bonchev–Trinajstić information content (AvgIpc) is 2.94. The third kappa shape index (κ3) is 4.74. The van der Waals surface area contributed by atoms with Crippen molar-refractivity contribution in [3.8, 4) is 0 Å². The van der Waals surface area contributed by atoms with E-state index in [1.165, 1.54) is 17.3 Å². The summed E-state index contributed by atoms with van der Waals surface area (Å²) in [7, 11) is 0. The summed E-state index contributed by atoms with van der Waals surface area (Å²) < 4.78 is 0. The molecule has 1 saturated heterocycles. The fraction of sp³-hybridized carbons (Fsp3) is 0.286. The Morgan fingerprint density at radius 2 is 1.80 bits per heavy atom. The molecule has 30 heavy (non-hydrogen) atoms. The molecule has 9 heteroatoms. The van der Waals surface area contributed by atoms with Crippen LogP contribution in [0.2, 0.25) is 10.0 Å². The lowest BCUT2D eigenvalue weighted by Crippen LogP contribution is -2.35. The first-order chi connectivity index (χ1) is 14.2. The van der Waals surface area contributed by atoms with Gasteiger partial charge in [-0.1, -0.05) is 73.1 Å². The average molecular weight is 467 g/mol. The monoisotopic (exact) mass is 466 g/mol. The number of hydrogen-bond donors (Lipinski definition) is 1. The number of hydrogen-bond acceptors (Lipinski definition) is 4. The van der Waals surface area contributed by atoms with Gasteiger partial charge in [-0.05, 0) is 29.2 Å². The second-order valence-corrected chi connectivity index (χ2v) is 9.00. The number of aliphatic carboxylic acids is 1. The van der Waals surface area contributed by atoms with Crippen LogP contribution in [0.25, 0.3) is 0 Å². The molecule has 0 unspecified atom stereocenters. The molecule has 0 spiro atoms. The van der Waals surface area contributed by atoms with Gasteiger partial charge in [0.25, 0.3) is 5.91 Å². The second-order valence-electron chi connectivity index (χ2n) is 7.16. The highest BCUT2D eigenvalue weighted by Gasteiger charge is 2.37. The van der Waals surface area contributed by atoms with Crippen molar-refractivity contribution in [2.24, 2.45) is 0 Å². The van der Waals surface area contributed by atoms with Crippen LogP contribution >= 0.6 is 35.0 Å². The number of halogens is 2. The van der Waals surface area contributed by atoms with Gasteiger partial charge >= 0.3 is 12.0 Å². The van der Waals surface area contributed by atoms with Crippen molar-refractivity contribution in [1.82, 2.24) is 9.80 Å². The van der Waals surface area contributed by atoms with E-state index in [1.54, 1.807) is 6.07 Å². The molecule has 158 valence electrons. The number of benzene rings is 2. The zero-order valence-corrected chi connectivity index (χ0v) is 18.7. The second kappa shape index (κ2) is 9.29. The Kier molecular flexibility index (Phi) is 6.95. The minimum absolute atomic E-state index is 0.0696. The van der Waals surface area contributed by atoms with Crippen LogP contribution in [-0.2, 0) is 16.1 Å². The van der Waals surface area contributed by atoms with Gasteiger partial charge in [0.2, 0.25) is 0 Å². The number of carboxylic acid groups (broad SMARTS) is 1. The largest absolute Gasteiger partial charge is 0.480 e. The quantitative estimate of drug-likeness (QED) is 0.573. The van der Waals surface area contributed by atoms with E-state index in [0.29, 0.717) is 16.5 Å². The molecule has 3 amide bonds. The van der Waals surface area contributed by atoms with Crippen LogP contribution in [0.15, 0.2) is 46.2 Å². The Balaban J connectivity index is 1.81. The van der Waals surface area contributed by atoms with E-state index in [9.17, 15) is 14.4 Å². The molecule has 1 fully saturated rings. The number of carbonyl (C=O) groups excluding carboxylic acids is 2. The van der Waals surface area contributed by atoms with Crippen LogP contribution in [0.3, 0.4) is 0 Å². The molecular weight excluding hydrogens is 447 g/mol. The highest BCUT2D eigenvalue weighted by Crippen LogP contribution is 2.41. The van der Waals surface area contributed by atoms with Crippen molar-refractivity contribution in [2.75, 3.05) is 13.1 Å². The van der Waals surface area contributed by atoms with E-state index in [4.69, 9.17) is 28.3 Å². The van der Waals surface area contributed by atoms with Crippen molar-refractivity contribution in [2.45, 2.75) is 36.1 Å². The summed E-state index contributed by atoms with van der Waals surface area (Å²) in [5.41, 5.74) is 1.72. The van der Waals surface area contributed by atoms with Crippen LogP contribution in [0, 0.1) is 0 Å². The summed E-state index contributed by atoms with van der Waals surface area (Å²) >= 11 is 14.5. The summed E-state index contributed by atoms with van der Waals surface area (Å²) in [6.07, 6.45) is 0. The maximum atomic E-state index is 12.3. The number of imide groups is 1. The molecule has 3 rings (SSSR count). The maximum Gasteiger partial charge on any atom is 0.328 e. The first kappa shape index (κ1) is 22.5. The number of nitrogens with zero attached hydrogens (tertiary/aromatic N) is 2. The molecule has 0 aromatic heterocycles. The number of urea groups is 1. The number of carbonyl (C=O) groups is 3. The van der Waals surface area contributed by atoms with Crippen LogP contribution in [0.4, 0.5) is 4.79 Å². The predicted molar refractivity (Wildman–Crippen MR) is 116 cm³/mol. The Hall–Kier alpha value is -2.22. The summed E-state index contributed by atoms with van der Waals surface area (Å²) in [5, 5.41) is 9.49. The fourth-order valence-corrected chi connectivity index (χ4v) is 4.86. The summed E-state index contributed by atoms with van der Waals surface area (Å²) in [6.45, 7) is 3.38. The van der Waals surface area contributed by atoms with Gasteiger partial charge in [-0.25, -0.2) is 4.79 Å². The molecule has 1 N–H and O–H groups in total. The first-order valence-corrected chi connectivity index (χ1v) is 10.8. The fourth-order valence-electron chi connectivity index (χ4n) is 3.15. The molecule has 6 nitrogen and oxygen atoms in total. The Bertz CT molecular complexity index is 1010. The Labute approximate surface area is 188 Å². The maximum absolute atomic E-state index is 12.3. The van der Waals surface area contributed by atoms with Crippen LogP contribution in [-0.4, -0.2) is 45.9 Å². The van der Waals surface area contributed by atoms with Crippen molar-refractivity contribution in [1.29, 1.82) is 0 Å².